The highest BCUT2D eigenvalue weighted by atomic mass is 32.2. The molecule has 1 aromatic heterocycles. The maximum Gasteiger partial charge on any atom is 0.0795 e. The molecule has 0 amide bonds. The normalized spacial score (nSPS) is 11.1. The highest BCUT2D eigenvalue weighted by Gasteiger charge is 1.95. The van der Waals surface area contributed by atoms with E-state index in [1.807, 2.05) is 17.3 Å². The predicted molar refractivity (Wildman–Crippen MR) is 66.0 cm³/mol. The number of rotatable bonds is 7. The number of aromatic nitrogens is 1. The fraction of sp³-hybridized carbons (Fsp3) is 0.700. The van der Waals surface area contributed by atoms with Crippen LogP contribution in [0.3, 0.4) is 0 Å². The second kappa shape index (κ2) is 7.26. The molecule has 1 heterocycles. The number of thiazole rings is 1. The number of hydrogen-bond donors (Lipinski definition) is 1. The molecule has 0 aliphatic rings. The molecule has 0 spiro atoms. The van der Waals surface area contributed by atoms with Crippen molar-refractivity contribution in [3.8, 4) is 0 Å². The second-order valence-electron chi connectivity index (χ2n) is 3.63. The topological polar surface area (TPSA) is 24.9 Å². The van der Waals surface area contributed by atoms with Gasteiger partial charge in [-0.1, -0.05) is 13.8 Å². The van der Waals surface area contributed by atoms with Crippen LogP contribution < -0.4 is 5.32 Å². The van der Waals surface area contributed by atoms with Crippen molar-refractivity contribution in [3.63, 3.8) is 0 Å². The molecule has 0 bridgehead atoms. The van der Waals surface area contributed by atoms with Crippen LogP contribution in [0.25, 0.3) is 0 Å². The van der Waals surface area contributed by atoms with Crippen LogP contribution >= 0.6 is 23.1 Å². The Morgan fingerprint density at radius 1 is 1.57 bits per heavy atom. The molecule has 1 rings (SSSR count). The van der Waals surface area contributed by atoms with Gasteiger partial charge in [0.1, 0.15) is 0 Å². The molecule has 0 aliphatic carbocycles. The molecule has 0 fully saturated rings. The summed E-state index contributed by atoms with van der Waals surface area (Å²) in [7, 11) is 0. The Bertz CT molecular complexity index is 222. The van der Waals surface area contributed by atoms with E-state index < -0.39 is 0 Å². The van der Waals surface area contributed by atoms with Crippen molar-refractivity contribution in [2.45, 2.75) is 20.4 Å². The average Bonchev–Trinajstić information content (AvgIpc) is 2.63. The quantitative estimate of drug-likeness (QED) is 0.729. The lowest BCUT2D eigenvalue weighted by Crippen LogP contribution is -2.17. The van der Waals surface area contributed by atoms with Gasteiger partial charge in [-0.05, 0) is 11.7 Å². The summed E-state index contributed by atoms with van der Waals surface area (Å²) in [6.07, 6.45) is 0. The van der Waals surface area contributed by atoms with Crippen LogP contribution in [0.5, 0.6) is 0 Å². The summed E-state index contributed by atoms with van der Waals surface area (Å²) < 4.78 is 0. The van der Waals surface area contributed by atoms with Crippen molar-refractivity contribution in [1.82, 2.24) is 10.3 Å². The molecule has 0 saturated carbocycles. The van der Waals surface area contributed by atoms with Gasteiger partial charge in [0.2, 0.25) is 0 Å². The van der Waals surface area contributed by atoms with Crippen LogP contribution in [0.15, 0.2) is 10.9 Å². The van der Waals surface area contributed by atoms with Crippen LogP contribution in [-0.4, -0.2) is 23.0 Å². The number of hydrogen-bond acceptors (Lipinski definition) is 4. The highest BCUT2D eigenvalue weighted by Crippen LogP contribution is 2.06. The van der Waals surface area contributed by atoms with E-state index in [1.165, 1.54) is 11.5 Å². The predicted octanol–water partition coefficient (Wildman–Crippen LogP) is 2.62. The van der Waals surface area contributed by atoms with Crippen molar-refractivity contribution < 1.29 is 0 Å². The monoisotopic (exact) mass is 230 g/mol. The summed E-state index contributed by atoms with van der Waals surface area (Å²) in [6.45, 7) is 6.51. The second-order valence-corrected chi connectivity index (χ2v) is 5.49. The van der Waals surface area contributed by atoms with Crippen molar-refractivity contribution in [2.24, 2.45) is 5.92 Å². The molecule has 0 radical (unpaired) electrons. The molecule has 0 aromatic carbocycles. The minimum Gasteiger partial charge on any atom is -0.310 e. The van der Waals surface area contributed by atoms with Crippen molar-refractivity contribution in [2.75, 3.05) is 18.1 Å². The molecule has 0 atom stereocenters. The van der Waals surface area contributed by atoms with E-state index in [4.69, 9.17) is 0 Å². The number of nitrogens with zero attached hydrogens (tertiary/aromatic N) is 1. The Hall–Kier alpha value is -0.0600. The Morgan fingerprint density at radius 3 is 3.07 bits per heavy atom. The van der Waals surface area contributed by atoms with Gasteiger partial charge >= 0.3 is 0 Å². The summed E-state index contributed by atoms with van der Waals surface area (Å²) in [6, 6.07) is 0. The standard InChI is InChI=1S/C10H18N2S2/c1-9(2)6-13-4-3-11-5-10-7-14-8-12-10/h7-9,11H,3-6H2,1-2H3. The molecule has 4 heteroatoms. The van der Waals surface area contributed by atoms with Crippen LogP contribution in [0.4, 0.5) is 0 Å². The molecule has 1 N–H and O–H groups in total. The third-order valence-corrected chi connectivity index (χ3v) is 3.69. The zero-order valence-corrected chi connectivity index (χ0v) is 10.5. The summed E-state index contributed by atoms with van der Waals surface area (Å²) >= 11 is 3.67. The summed E-state index contributed by atoms with van der Waals surface area (Å²) in [5.41, 5.74) is 3.04. The van der Waals surface area contributed by atoms with E-state index in [9.17, 15) is 0 Å². The van der Waals surface area contributed by atoms with E-state index in [0.717, 1.165) is 24.7 Å². The zero-order valence-electron chi connectivity index (χ0n) is 8.82. The first-order valence-corrected chi connectivity index (χ1v) is 7.04. The first kappa shape index (κ1) is 12.0. The molecule has 80 valence electrons. The van der Waals surface area contributed by atoms with E-state index in [-0.39, 0.29) is 0 Å². The van der Waals surface area contributed by atoms with E-state index >= 15 is 0 Å². The van der Waals surface area contributed by atoms with Gasteiger partial charge in [0.15, 0.2) is 0 Å². The lowest BCUT2D eigenvalue weighted by molar-refractivity contribution is 0.715. The van der Waals surface area contributed by atoms with Gasteiger partial charge in [-0.2, -0.15) is 11.8 Å². The van der Waals surface area contributed by atoms with Crippen LogP contribution in [0.2, 0.25) is 0 Å². The van der Waals surface area contributed by atoms with Crippen molar-refractivity contribution >= 4 is 23.1 Å². The molecule has 0 unspecified atom stereocenters. The Kier molecular flexibility index (Phi) is 6.23. The van der Waals surface area contributed by atoms with E-state index in [0.29, 0.717) is 0 Å². The summed E-state index contributed by atoms with van der Waals surface area (Å²) in [5, 5.41) is 5.48. The fourth-order valence-corrected chi connectivity index (χ4v) is 2.49. The maximum atomic E-state index is 4.21. The first-order chi connectivity index (χ1) is 6.79. The van der Waals surface area contributed by atoms with Gasteiger partial charge < -0.3 is 5.32 Å². The summed E-state index contributed by atoms with van der Waals surface area (Å²) in [5.74, 6) is 3.26. The van der Waals surface area contributed by atoms with Crippen molar-refractivity contribution in [1.29, 1.82) is 0 Å². The largest absolute Gasteiger partial charge is 0.310 e. The lowest BCUT2D eigenvalue weighted by Gasteiger charge is -2.04. The number of thioether (sulfide) groups is 1. The average molecular weight is 230 g/mol. The smallest absolute Gasteiger partial charge is 0.0795 e. The zero-order chi connectivity index (χ0) is 10.2. The summed E-state index contributed by atoms with van der Waals surface area (Å²) in [4.78, 5) is 4.21. The third kappa shape index (κ3) is 5.62. The van der Waals surface area contributed by atoms with Gasteiger partial charge in [0.25, 0.3) is 0 Å². The lowest BCUT2D eigenvalue weighted by atomic mass is 10.3. The van der Waals surface area contributed by atoms with Gasteiger partial charge in [0, 0.05) is 24.2 Å². The van der Waals surface area contributed by atoms with Crippen LogP contribution in [0.1, 0.15) is 19.5 Å². The Labute approximate surface area is 94.5 Å². The van der Waals surface area contributed by atoms with Gasteiger partial charge in [0.05, 0.1) is 11.2 Å². The SMILES string of the molecule is CC(C)CSCCNCc1cscn1. The molecular weight excluding hydrogens is 212 g/mol. The molecule has 2 nitrogen and oxygen atoms in total. The van der Waals surface area contributed by atoms with Crippen LogP contribution in [-0.2, 0) is 6.54 Å². The highest BCUT2D eigenvalue weighted by molar-refractivity contribution is 7.99. The Balaban J connectivity index is 1.90. The first-order valence-electron chi connectivity index (χ1n) is 4.94. The Morgan fingerprint density at radius 2 is 2.43 bits per heavy atom. The van der Waals surface area contributed by atoms with E-state index in [1.54, 1.807) is 11.3 Å². The van der Waals surface area contributed by atoms with Gasteiger partial charge in [-0.25, -0.2) is 4.98 Å². The molecule has 0 aliphatic heterocycles. The number of nitrogens with one attached hydrogen (secondary N) is 1. The molecule has 14 heavy (non-hydrogen) atoms. The minimum absolute atomic E-state index is 0.804. The van der Waals surface area contributed by atoms with Gasteiger partial charge in [-0.3, -0.25) is 0 Å². The fourth-order valence-electron chi connectivity index (χ4n) is 1.00. The van der Waals surface area contributed by atoms with Crippen LogP contribution in [0, 0.1) is 5.92 Å². The van der Waals surface area contributed by atoms with Gasteiger partial charge in [-0.15, -0.1) is 11.3 Å². The van der Waals surface area contributed by atoms with Crippen molar-refractivity contribution in [3.05, 3.63) is 16.6 Å². The minimum atomic E-state index is 0.804. The third-order valence-electron chi connectivity index (χ3n) is 1.66. The maximum absolute atomic E-state index is 4.21. The molecule has 0 saturated heterocycles. The molecular formula is C10H18N2S2. The molecule has 1 aromatic rings. The van der Waals surface area contributed by atoms with E-state index in [2.05, 4.69) is 29.5 Å².